The second-order valence-electron chi connectivity index (χ2n) is 25.4. The van der Waals surface area contributed by atoms with Crippen molar-refractivity contribution >= 4 is 123 Å². The Balaban J connectivity index is 0.921. The summed E-state index contributed by atoms with van der Waals surface area (Å²) in [6.07, 6.45) is 0. The molecule has 17 aromatic rings. The van der Waals surface area contributed by atoms with Gasteiger partial charge in [-0.15, -0.1) is 0 Å². The van der Waals surface area contributed by atoms with E-state index in [0.717, 1.165) is 150 Å². The summed E-state index contributed by atoms with van der Waals surface area (Å²) >= 11 is 0. The molecule has 18 rings (SSSR count). The second-order valence-corrected chi connectivity index (χ2v) is 25.4. The zero-order valence-corrected chi connectivity index (χ0v) is 54.8. The van der Waals surface area contributed by atoms with E-state index in [9.17, 15) is 9.59 Å². The summed E-state index contributed by atoms with van der Waals surface area (Å²) in [4.78, 5) is 38.6. The molecule has 476 valence electrons. The van der Waals surface area contributed by atoms with Gasteiger partial charge in [-0.05, 0) is 235 Å². The van der Waals surface area contributed by atoms with Crippen molar-refractivity contribution in [3.05, 3.63) is 387 Å². The first-order valence-electron chi connectivity index (χ1n) is 34.0. The lowest BCUT2D eigenvalue weighted by molar-refractivity contribution is 0.0391. The molecular formula is C94H62N4O3. The molecule has 0 N–H and O–H groups in total. The fourth-order valence-corrected chi connectivity index (χ4v) is 15.1. The van der Waals surface area contributed by atoms with Gasteiger partial charge in [0, 0.05) is 79.0 Å². The zero-order valence-electron chi connectivity index (χ0n) is 54.8. The molecule has 0 radical (unpaired) electrons. The summed E-state index contributed by atoms with van der Waals surface area (Å²) in [5.41, 5.74) is 20.5. The summed E-state index contributed by atoms with van der Waals surface area (Å²) in [5, 5.41) is 7.31. The van der Waals surface area contributed by atoms with Crippen molar-refractivity contribution in [1.29, 1.82) is 0 Å². The topological polar surface area (TPSA) is 56.3 Å². The number of para-hydroxylation sites is 8. The molecule has 1 aliphatic rings. The number of hydrogen-bond donors (Lipinski definition) is 0. The molecule has 0 amide bonds. The number of cyclic esters (lactones) is 2. The van der Waals surface area contributed by atoms with Gasteiger partial charge < -0.3 is 24.3 Å². The highest BCUT2D eigenvalue weighted by Gasteiger charge is 2.34. The monoisotopic (exact) mass is 1290 g/mol. The van der Waals surface area contributed by atoms with Crippen molar-refractivity contribution in [1.82, 2.24) is 0 Å². The maximum atomic E-state index is 14.8. The normalized spacial score (nSPS) is 11.9. The lowest BCUT2D eigenvalue weighted by Crippen LogP contribution is -2.20. The number of carbonyl (C=O) groups excluding carboxylic acids is 2. The van der Waals surface area contributed by atoms with E-state index in [1.807, 2.05) is 36.4 Å². The smallest absolute Gasteiger partial charge is 0.346 e. The first kappa shape index (κ1) is 59.8. The van der Waals surface area contributed by atoms with Crippen LogP contribution in [-0.2, 0) is 4.74 Å². The van der Waals surface area contributed by atoms with Crippen LogP contribution in [0, 0.1) is 0 Å². The predicted octanol–water partition coefficient (Wildman–Crippen LogP) is 25.6. The fourth-order valence-electron chi connectivity index (χ4n) is 15.1. The third-order valence-electron chi connectivity index (χ3n) is 19.6. The van der Waals surface area contributed by atoms with Crippen molar-refractivity contribution in [2.24, 2.45) is 0 Å². The highest BCUT2D eigenvalue weighted by Crippen LogP contribution is 2.54. The van der Waals surface area contributed by atoms with Gasteiger partial charge >= 0.3 is 11.9 Å². The molecule has 0 bridgehead atoms. The minimum absolute atomic E-state index is 0.338. The molecule has 0 aromatic heterocycles. The number of nitrogens with zero attached hydrogens (tertiary/aromatic N) is 4. The molecule has 1 aliphatic heterocycles. The molecule has 0 saturated carbocycles. The third-order valence-corrected chi connectivity index (χ3v) is 19.6. The number of rotatable bonds is 16. The molecule has 0 unspecified atom stereocenters. The molecule has 0 aliphatic carbocycles. The number of ether oxygens (including phenoxy) is 1. The molecule has 1 heterocycles. The van der Waals surface area contributed by atoms with E-state index < -0.39 is 11.9 Å². The Morgan fingerprint density at radius 2 is 0.376 bits per heavy atom. The highest BCUT2D eigenvalue weighted by molar-refractivity contribution is 6.43. The van der Waals surface area contributed by atoms with Crippen LogP contribution in [0.1, 0.15) is 20.7 Å². The van der Waals surface area contributed by atoms with Crippen LogP contribution in [-0.4, -0.2) is 11.9 Å². The first-order chi connectivity index (χ1) is 50.0. The lowest BCUT2D eigenvalue weighted by Gasteiger charge is -2.28. The Morgan fingerprint density at radius 3 is 0.614 bits per heavy atom. The molecule has 0 fully saturated rings. The molecule has 7 nitrogen and oxygen atoms in total. The van der Waals surface area contributed by atoms with Gasteiger partial charge in [-0.25, -0.2) is 9.59 Å². The van der Waals surface area contributed by atoms with Gasteiger partial charge in [-0.1, -0.05) is 218 Å². The number of carbonyl (C=O) groups is 2. The minimum atomic E-state index is -0.680. The van der Waals surface area contributed by atoms with E-state index in [0.29, 0.717) is 16.5 Å². The average molecular weight is 1300 g/mol. The minimum Gasteiger partial charge on any atom is -0.386 e. The van der Waals surface area contributed by atoms with Crippen molar-refractivity contribution in [2.75, 3.05) is 19.6 Å². The van der Waals surface area contributed by atoms with Crippen LogP contribution in [0.3, 0.4) is 0 Å². The summed E-state index contributed by atoms with van der Waals surface area (Å²) in [7, 11) is 0. The molecule has 17 aromatic carbocycles. The summed E-state index contributed by atoms with van der Waals surface area (Å²) < 4.78 is 5.82. The molecule has 0 spiro atoms. The zero-order chi connectivity index (χ0) is 67.3. The molecule has 0 atom stereocenters. The van der Waals surface area contributed by atoms with E-state index in [1.54, 1.807) is 0 Å². The maximum Gasteiger partial charge on any atom is 0.346 e. The Morgan fingerprint density at radius 1 is 0.168 bits per heavy atom. The maximum absolute atomic E-state index is 14.8. The van der Waals surface area contributed by atoms with Gasteiger partial charge in [-0.2, -0.15) is 0 Å². The van der Waals surface area contributed by atoms with Crippen molar-refractivity contribution in [3.8, 4) is 44.5 Å². The molecule has 7 heteroatoms. The number of anilines is 12. The number of benzene rings is 17. The van der Waals surface area contributed by atoms with Crippen LogP contribution in [0.15, 0.2) is 376 Å². The predicted molar refractivity (Wildman–Crippen MR) is 418 cm³/mol. The van der Waals surface area contributed by atoms with Crippen LogP contribution < -0.4 is 19.6 Å². The summed E-state index contributed by atoms with van der Waals surface area (Å²) in [6.45, 7) is 0. The van der Waals surface area contributed by atoms with Crippen LogP contribution in [0.5, 0.6) is 0 Å². The number of hydrogen-bond acceptors (Lipinski definition) is 7. The van der Waals surface area contributed by atoms with Gasteiger partial charge in [0.15, 0.2) is 0 Å². The van der Waals surface area contributed by atoms with Crippen molar-refractivity contribution < 1.29 is 14.3 Å². The van der Waals surface area contributed by atoms with E-state index in [2.05, 4.69) is 359 Å². The van der Waals surface area contributed by atoms with Crippen LogP contribution >= 0.6 is 0 Å². The molecule has 0 saturated heterocycles. The highest BCUT2D eigenvalue weighted by atomic mass is 16.6. The fraction of sp³-hybridized carbons (Fsp3) is 0. The molecular weight excluding hydrogens is 1230 g/mol. The van der Waals surface area contributed by atoms with Gasteiger partial charge in [-0.3, -0.25) is 0 Å². The van der Waals surface area contributed by atoms with E-state index in [4.69, 9.17) is 4.74 Å². The largest absolute Gasteiger partial charge is 0.386 e. The van der Waals surface area contributed by atoms with Gasteiger partial charge in [0.25, 0.3) is 0 Å². The van der Waals surface area contributed by atoms with Crippen LogP contribution in [0.4, 0.5) is 68.2 Å². The summed E-state index contributed by atoms with van der Waals surface area (Å²) in [6, 6.07) is 132. The Bertz CT molecular complexity index is 5380. The second kappa shape index (κ2) is 25.4. The van der Waals surface area contributed by atoms with Crippen LogP contribution in [0.2, 0.25) is 0 Å². The van der Waals surface area contributed by atoms with Gasteiger partial charge in [0.2, 0.25) is 0 Å². The third kappa shape index (κ3) is 10.6. The standard InChI is InChI=1S/C94H62N4O3/c99-93-85-61-83(65-45-53-77(54-46-65)97(71-33-17-5-18-34-71)72-35-19-6-20-36-72)89-81-59-57-79(63-41-49-75(50-42-63)95(67-25-9-1-10-26-67)68-27-11-2-12-28-68)87-80(64-43-51-76(52-44-64)96(69-29-13-3-14-30-69)70-31-15-4-16-32-70)58-60-82(88(81)87)90-84(62-86(94(100)101-93)91(85)92(89)90)66-47-55-78(56-48-66)98(73-37-21-7-22-38-73)74-39-23-8-24-40-74/h1-62H. The average Bonchev–Trinajstić information content (AvgIpc) is 0.682. The number of fused-ring (bicyclic) bond motifs is 2. The Hall–Kier alpha value is -13.6. The Labute approximate surface area is 585 Å². The van der Waals surface area contributed by atoms with Gasteiger partial charge in [0.05, 0.1) is 11.1 Å². The summed E-state index contributed by atoms with van der Waals surface area (Å²) in [5.74, 6) is -1.36. The van der Waals surface area contributed by atoms with E-state index >= 15 is 0 Å². The quantitative estimate of drug-likeness (QED) is 0.0413. The van der Waals surface area contributed by atoms with Gasteiger partial charge in [0.1, 0.15) is 0 Å². The van der Waals surface area contributed by atoms with Crippen molar-refractivity contribution in [2.45, 2.75) is 0 Å². The Kier molecular flexibility index (Phi) is 15.1. The van der Waals surface area contributed by atoms with Crippen molar-refractivity contribution in [3.63, 3.8) is 0 Å². The lowest BCUT2D eigenvalue weighted by atomic mass is 9.78. The SMILES string of the molecule is O=C1OC(=O)c2cc(-c3ccc(N(c4ccccc4)c4ccccc4)cc3)c3c4ccc(-c5ccc(N(c6ccccc6)c6ccccc6)cc5)c5c(-c6ccc(N(c7ccccc7)c7ccccc7)cc6)ccc(c6c(-c7ccc(N(c8ccccc8)c8ccccc8)cc7)cc1c2c63)c54. The van der Waals surface area contributed by atoms with E-state index in [1.165, 1.54) is 0 Å². The number of esters is 2. The molecule has 101 heavy (non-hydrogen) atoms. The van der Waals surface area contributed by atoms with Crippen LogP contribution in [0.25, 0.3) is 87.6 Å². The first-order valence-corrected chi connectivity index (χ1v) is 34.0. The van der Waals surface area contributed by atoms with E-state index in [-0.39, 0.29) is 0 Å².